The third-order valence-corrected chi connectivity index (χ3v) is 4.07. The lowest BCUT2D eigenvalue weighted by Gasteiger charge is -2.36. The van der Waals surface area contributed by atoms with Crippen LogP contribution in [0.1, 0.15) is 29.9 Å². The molecule has 1 aliphatic heterocycles. The van der Waals surface area contributed by atoms with E-state index in [2.05, 4.69) is 24.1 Å². The van der Waals surface area contributed by atoms with Gasteiger partial charge in [0.1, 0.15) is 0 Å². The molecule has 0 spiro atoms. The van der Waals surface area contributed by atoms with Gasteiger partial charge in [-0.2, -0.15) is 0 Å². The fourth-order valence-corrected chi connectivity index (χ4v) is 2.92. The molecule has 1 saturated heterocycles. The third-order valence-electron chi connectivity index (χ3n) is 4.07. The van der Waals surface area contributed by atoms with E-state index in [1.807, 2.05) is 12.1 Å². The maximum Gasteiger partial charge on any atom is 0.303 e. The summed E-state index contributed by atoms with van der Waals surface area (Å²) in [6.07, 6.45) is 2.07. The molecule has 110 valence electrons. The van der Waals surface area contributed by atoms with Gasteiger partial charge in [0.2, 0.25) is 0 Å². The van der Waals surface area contributed by atoms with Crippen molar-refractivity contribution in [3.05, 3.63) is 35.4 Å². The van der Waals surface area contributed by atoms with Crippen LogP contribution in [0.3, 0.4) is 0 Å². The number of piperidine rings is 1. The van der Waals surface area contributed by atoms with Crippen molar-refractivity contribution in [2.24, 2.45) is 0 Å². The molecule has 0 amide bonds. The van der Waals surface area contributed by atoms with Crippen molar-refractivity contribution in [3.8, 4) is 0 Å². The number of nitrogens with zero attached hydrogens (tertiary/aromatic N) is 1. The van der Waals surface area contributed by atoms with Gasteiger partial charge < -0.3 is 14.7 Å². The van der Waals surface area contributed by atoms with Gasteiger partial charge >= 0.3 is 5.97 Å². The lowest BCUT2D eigenvalue weighted by Crippen LogP contribution is -2.41. The van der Waals surface area contributed by atoms with Crippen molar-refractivity contribution in [2.45, 2.75) is 31.3 Å². The molecule has 1 unspecified atom stereocenters. The summed E-state index contributed by atoms with van der Waals surface area (Å²) in [6.45, 7) is 2.02. The summed E-state index contributed by atoms with van der Waals surface area (Å²) in [7, 11) is 3.89. The van der Waals surface area contributed by atoms with Gasteiger partial charge in [0, 0.05) is 26.0 Å². The molecule has 1 aromatic rings. The number of carboxylic acid groups (broad SMARTS) is 1. The zero-order chi connectivity index (χ0) is 14.5. The molecular formula is C16H23NO3. The molecule has 0 bridgehead atoms. The summed E-state index contributed by atoms with van der Waals surface area (Å²) in [6, 6.07) is 8.30. The Morgan fingerprint density at radius 2 is 2.30 bits per heavy atom. The van der Waals surface area contributed by atoms with Crippen molar-refractivity contribution >= 4 is 5.97 Å². The predicted octanol–water partition coefficient (Wildman–Crippen LogP) is 2.14. The van der Waals surface area contributed by atoms with Gasteiger partial charge in [0.25, 0.3) is 0 Å². The molecule has 20 heavy (non-hydrogen) atoms. The zero-order valence-electron chi connectivity index (χ0n) is 12.2. The summed E-state index contributed by atoms with van der Waals surface area (Å²) in [5.74, 6) is -0.342. The summed E-state index contributed by atoms with van der Waals surface area (Å²) < 4.78 is 5.63. The number of hydrogen-bond donors (Lipinski definition) is 1. The Kier molecular flexibility index (Phi) is 5.15. The SMILES string of the molecule is COC1CN(C)CC[C@@H]1c1cccc(CCC(=O)O)c1. The Hall–Kier alpha value is -1.39. The van der Waals surface area contributed by atoms with Gasteiger partial charge in [0.15, 0.2) is 0 Å². The maximum absolute atomic E-state index is 10.7. The minimum absolute atomic E-state index is 0.185. The molecule has 1 N–H and O–H groups in total. The van der Waals surface area contributed by atoms with E-state index >= 15 is 0 Å². The minimum atomic E-state index is -0.746. The average molecular weight is 277 g/mol. The minimum Gasteiger partial charge on any atom is -0.481 e. The number of likely N-dealkylation sites (tertiary alicyclic amines) is 1. The molecule has 1 aromatic carbocycles. The smallest absolute Gasteiger partial charge is 0.303 e. The first-order chi connectivity index (χ1) is 9.60. The zero-order valence-corrected chi connectivity index (χ0v) is 12.2. The highest BCUT2D eigenvalue weighted by Gasteiger charge is 2.28. The lowest BCUT2D eigenvalue weighted by atomic mass is 9.86. The largest absolute Gasteiger partial charge is 0.481 e. The predicted molar refractivity (Wildman–Crippen MR) is 78.1 cm³/mol. The molecule has 4 nitrogen and oxygen atoms in total. The molecule has 1 heterocycles. The van der Waals surface area contributed by atoms with Crippen LogP contribution in [-0.4, -0.2) is 49.3 Å². The number of ether oxygens (including phenoxy) is 1. The van der Waals surface area contributed by atoms with Crippen LogP contribution in [0.25, 0.3) is 0 Å². The van der Waals surface area contributed by atoms with E-state index in [9.17, 15) is 4.79 Å². The van der Waals surface area contributed by atoms with Crippen LogP contribution >= 0.6 is 0 Å². The van der Waals surface area contributed by atoms with Gasteiger partial charge in [-0.25, -0.2) is 0 Å². The molecule has 2 atom stereocenters. The molecule has 0 aromatic heterocycles. The second kappa shape index (κ2) is 6.86. The van der Waals surface area contributed by atoms with Crippen LogP contribution in [-0.2, 0) is 16.0 Å². The van der Waals surface area contributed by atoms with Crippen LogP contribution in [0.4, 0.5) is 0 Å². The summed E-state index contributed by atoms with van der Waals surface area (Å²) in [5, 5.41) is 8.78. The number of benzene rings is 1. The van der Waals surface area contributed by atoms with Crippen molar-refractivity contribution in [2.75, 3.05) is 27.2 Å². The second-order valence-electron chi connectivity index (χ2n) is 5.57. The first-order valence-electron chi connectivity index (χ1n) is 7.12. The van der Waals surface area contributed by atoms with Crippen molar-refractivity contribution < 1.29 is 14.6 Å². The molecule has 1 aliphatic rings. The number of likely N-dealkylation sites (N-methyl/N-ethyl adjacent to an activating group) is 1. The standard InChI is InChI=1S/C16H23NO3/c1-17-9-8-14(15(11-17)20-2)13-5-3-4-12(10-13)6-7-16(18)19/h3-5,10,14-15H,6-9,11H2,1-2H3,(H,18,19)/t14-,15?/m1/s1. The van der Waals surface area contributed by atoms with Crippen LogP contribution < -0.4 is 0 Å². The van der Waals surface area contributed by atoms with Gasteiger partial charge in [-0.3, -0.25) is 4.79 Å². The van der Waals surface area contributed by atoms with E-state index in [1.165, 1.54) is 5.56 Å². The van der Waals surface area contributed by atoms with E-state index in [0.717, 1.165) is 25.1 Å². The van der Waals surface area contributed by atoms with E-state index in [-0.39, 0.29) is 12.5 Å². The highest BCUT2D eigenvalue weighted by Crippen LogP contribution is 2.30. The average Bonchev–Trinajstić information content (AvgIpc) is 2.45. The van der Waals surface area contributed by atoms with Gasteiger partial charge in [-0.05, 0) is 37.6 Å². The number of rotatable bonds is 5. The van der Waals surface area contributed by atoms with Crippen LogP contribution in [0.15, 0.2) is 24.3 Å². The lowest BCUT2D eigenvalue weighted by molar-refractivity contribution is -0.136. The Morgan fingerprint density at radius 1 is 1.50 bits per heavy atom. The van der Waals surface area contributed by atoms with E-state index < -0.39 is 5.97 Å². The quantitative estimate of drug-likeness (QED) is 0.896. The summed E-state index contributed by atoms with van der Waals surface area (Å²) in [4.78, 5) is 13.0. The Bertz CT molecular complexity index is 461. The molecule has 2 rings (SSSR count). The maximum atomic E-state index is 10.7. The molecule has 1 fully saturated rings. The molecule has 0 saturated carbocycles. The number of aryl methyl sites for hydroxylation is 1. The van der Waals surface area contributed by atoms with Gasteiger partial charge in [0.05, 0.1) is 6.10 Å². The fourth-order valence-electron chi connectivity index (χ4n) is 2.92. The number of carboxylic acids is 1. The monoisotopic (exact) mass is 277 g/mol. The first kappa shape index (κ1) is 15.0. The second-order valence-corrected chi connectivity index (χ2v) is 5.57. The number of carbonyl (C=O) groups is 1. The highest BCUT2D eigenvalue weighted by atomic mass is 16.5. The van der Waals surface area contributed by atoms with Crippen LogP contribution in [0.2, 0.25) is 0 Å². The summed E-state index contributed by atoms with van der Waals surface area (Å²) in [5.41, 5.74) is 2.37. The van der Waals surface area contributed by atoms with Crippen LogP contribution in [0, 0.1) is 0 Å². The van der Waals surface area contributed by atoms with Crippen molar-refractivity contribution in [3.63, 3.8) is 0 Å². The Morgan fingerprint density at radius 3 is 3.00 bits per heavy atom. The molecule has 4 heteroatoms. The fraction of sp³-hybridized carbons (Fsp3) is 0.562. The Balaban J connectivity index is 2.11. The van der Waals surface area contributed by atoms with E-state index in [1.54, 1.807) is 7.11 Å². The number of aliphatic carboxylic acids is 1. The molecule has 0 aliphatic carbocycles. The Labute approximate surface area is 120 Å². The normalized spacial score (nSPS) is 23.7. The topological polar surface area (TPSA) is 49.8 Å². The van der Waals surface area contributed by atoms with E-state index in [4.69, 9.17) is 9.84 Å². The van der Waals surface area contributed by atoms with Crippen molar-refractivity contribution in [1.29, 1.82) is 0 Å². The number of methoxy groups -OCH3 is 1. The number of hydrogen-bond acceptors (Lipinski definition) is 3. The highest BCUT2D eigenvalue weighted by molar-refractivity contribution is 5.67. The van der Waals surface area contributed by atoms with E-state index in [0.29, 0.717) is 12.3 Å². The molecular weight excluding hydrogens is 254 g/mol. The molecule has 0 radical (unpaired) electrons. The first-order valence-corrected chi connectivity index (χ1v) is 7.12. The van der Waals surface area contributed by atoms with Crippen LogP contribution in [0.5, 0.6) is 0 Å². The van der Waals surface area contributed by atoms with Crippen molar-refractivity contribution in [1.82, 2.24) is 4.90 Å². The summed E-state index contributed by atoms with van der Waals surface area (Å²) >= 11 is 0. The van der Waals surface area contributed by atoms with Gasteiger partial charge in [-0.15, -0.1) is 0 Å². The van der Waals surface area contributed by atoms with Gasteiger partial charge in [-0.1, -0.05) is 24.3 Å². The third kappa shape index (κ3) is 3.81.